The van der Waals surface area contributed by atoms with Crippen molar-refractivity contribution in [2.45, 2.75) is 0 Å². The van der Waals surface area contributed by atoms with Gasteiger partial charge < -0.3 is 4.42 Å². The first-order valence-electron chi connectivity index (χ1n) is 3.59. The Morgan fingerprint density at radius 1 is 1.54 bits per heavy atom. The van der Waals surface area contributed by atoms with Crippen LogP contribution in [0.2, 0.25) is 0 Å². The van der Waals surface area contributed by atoms with E-state index in [9.17, 15) is 4.79 Å². The molecule has 0 unspecified atom stereocenters. The van der Waals surface area contributed by atoms with Gasteiger partial charge in [0.15, 0.2) is 12.0 Å². The molecule has 2 rings (SSSR count). The number of hydroxylamine groups is 1. The summed E-state index contributed by atoms with van der Waals surface area (Å²) >= 11 is 0. The number of aromatic nitrogens is 1. The standard InChI is InChI=1S/C8H6N2O3/c11-8(10-12)5-1-2-7-6(3-5)9-4-13-7/h1-4,12H,(H,10,11). The van der Waals surface area contributed by atoms with Crippen LogP contribution in [0, 0.1) is 0 Å². The summed E-state index contributed by atoms with van der Waals surface area (Å²) in [6, 6.07) is 4.69. The van der Waals surface area contributed by atoms with E-state index in [0.717, 1.165) is 0 Å². The Bertz CT molecular complexity index is 449. The molecule has 2 aromatic rings. The first-order chi connectivity index (χ1) is 6.31. The van der Waals surface area contributed by atoms with Crippen molar-refractivity contribution in [1.82, 2.24) is 10.5 Å². The van der Waals surface area contributed by atoms with Crippen LogP contribution in [0.5, 0.6) is 0 Å². The Kier molecular flexibility index (Phi) is 1.71. The fourth-order valence-corrected chi connectivity index (χ4v) is 1.06. The van der Waals surface area contributed by atoms with Crippen LogP contribution in [0.3, 0.4) is 0 Å². The lowest BCUT2D eigenvalue weighted by molar-refractivity contribution is 0.0706. The molecule has 1 amide bonds. The highest BCUT2D eigenvalue weighted by atomic mass is 16.5. The Morgan fingerprint density at radius 3 is 3.15 bits per heavy atom. The van der Waals surface area contributed by atoms with E-state index < -0.39 is 5.91 Å². The van der Waals surface area contributed by atoms with Crippen molar-refractivity contribution in [3.63, 3.8) is 0 Å². The summed E-state index contributed by atoms with van der Waals surface area (Å²) in [4.78, 5) is 14.8. The van der Waals surface area contributed by atoms with Crippen LogP contribution in [0.4, 0.5) is 0 Å². The molecule has 13 heavy (non-hydrogen) atoms. The van der Waals surface area contributed by atoms with Gasteiger partial charge in [-0.05, 0) is 18.2 Å². The highest BCUT2D eigenvalue weighted by molar-refractivity contribution is 5.96. The fourth-order valence-electron chi connectivity index (χ4n) is 1.06. The van der Waals surface area contributed by atoms with Crippen molar-refractivity contribution >= 4 is 17.0 Å². The van der Waals surface area contributed by atoms with E-state index in [2.05, 4.69) is 4.98 Å². The number of fused-ring (bicyclic) bond motifs is 1. The van der Waals surface area contributed by atoms with Crippen LogP contribution in [-0.2, 0) is 0 Å². The summed E-state index contributed by atoms with van der Waals surface area (Å²) in [7, 11) is 0. The largest absolute Gasteiger partial charge is 0.443 e. The topological polar surface area (TPSA) is 75.4 Å². The second-order valence-electron chi connectivity index (χ2n) is 2.48. The third-order valence-corrected chi connectivity index (χ3v) is 1.69. The molecule has 0 aliphatic carbocycles. The Labute approximate surface area is 73.0 Å². The molecule has 0 atom stereocenters. The summed E-state index contributed by atoms with van der Waals surface area (Å²) in [5.74, 6) is -0.565. The maximum Gasteiger partial charge on any atom is 0.274 e. The molecule has 2 N–H and O–H groups in total. The molecule has 0 aliphatic heterocycles. The van der Waals surface area contributed by atoms with Gasteiger partial charge in [-0.3, -0.25) is 10.0 Å². The van der Waals surface area contributed by atoms with E-state index in [0.29, 0.717) is 16.7 Å². The quantitative estimate of drug-likeness (QED) is 0.503. The smallest absolute Gasteiger partial charge is 0.274 e. The number of hydrogen-bond donors (Lipinski definition) is 2. The van der Waals surface area contributed by atoms with Crippen LogP contribution in [0.25, 0.3) is 11.1 Å². The van der Waals surface area contributed by atoms with E-state index in [4.69, 9.17) is 9.62 Å². The van der Waals surface area contributed by atoms with Crippen LogP contribution < -0.4 is 5.48 Å². The molecule has 1 aromatic heterocycles. The van der Waals surface area contributed by atoms with Crippen molar-refractivity contribution in [2.24, 2.45) is 0 Å². The summed E-state index contributed by atoms with van der Waals surface area (Å²) in [6.07, 6.45) is 1.30. The van der Waals surface area contributed by atoms with Crippen molar-refractivity contribution in [3.8, 4) is 0 Å². The number of carbonyl (C=O) groups is 1. The minimum atomic E-state index is -0.565. The fraction of sp³-hybridized carbons (Fsp3) is 0. The lowest BCUT2D eigenvalue weighted by Crippen LogP contribution is -2.18. The summed E-state index contributed by atoms with van der Waals surface area (Å²) in [5.41, 5.74) is 3.07. The van der Waals surface area contributed by atoms with E-state index >= 15 is 0 Å². The molecule has 1 aromatic carbocycles. The minimum absolute atomic E-state index is 0.337. The Morgan fingerprint density at radius 2 is 2.38 bits per heavy atom. The predicted molar refractivity (Wildman–Crippen MR) is 43.3 cm³/mol. The maximum absolute atomic E-state index is 11.0. The SMILES string of the molecule is O=C(NO)c1ccc2ocnc2c1. The zero-order chi connectivity index (χ0) is 9.26. The summed E-state index contributed by atoms with van der Waals surface area (Å²) in [6.45, 7) is 0. The lowest BCUT2D eigenvalue weighted by atomic mass is 10.2. The van der Waals surface area contributed by atoms with Crippen LogP contribution >= 0.6 is 0 Å². The molecule has 0 aliphatic rings. The number of oxazole rings is 1. The second kappa shape index (κ2) is 2.87. The minimum Gasteiger partial charge on any atom is -0.443 e. The number of hydrogen-bond acceptors (Lipinski definition) is 4. The van der Waals surface area contributed by atoms with Crippen molar-refractivity contribution in [3.05, 3.63) is 30.2 Å². The zero-order valence-corrected chi connectivity index (χ0v) is 6.52. The Hall–Kier alpha value is -1.88. The van der Waals surface area contributed by atoms with Crippen molar-refractivity contribution in [1.29, 1.82) is 0 Å². The average Bonchev–Trinajstić information content (AvgIpc) is 2.63. The third kappa shape index (κ3) is 1.25. The number of amides is 1. The first kappa shape index (κ1) is 7.75. The molecular weight excluding hydrogens is 172 g/mol. The van der Waals surface area contributed by atoms with Crippen LogP contribution in [0.15, 0.2) is 29.0 Å². The molecule has 66 valence electrons. The second-order valence-corrected chi connectivity index (χ2v) is 2.48. The molecule has 5 nitrogen and oxygen atoms in total. The molecule has 0 spiro atoms. The van der Waals surface area contributed by atoms with Gasteiger partial charge >= 0.3 is 0 Å². The molecule has 0 saturated carbocycles. The monoisotopic (exact) mass is 178 g/mol. The van der Waals surface area contributed by atoms with Gasteiger partial charge in [-0.25, -0.2) is 10.5 Å². The molecule has 0 bridgehead atoms. The number of rotatable bonds is 1. The van der Waals surface area contributed by atoms with Crippen LogP contribution in [0.1, 0.15) is 10.4 Å². The van der Waals surface area contributed by atoms with Gasteiger partial charge in [0.25, 0.3) is 5.91 Å². The third-order valence-electron chi connectivity index (χ3n) is 1.69. The van der Waals surface area contributed by atoms with Crippen molar-refractivity contribution < 1.29 is 14.4 Å². The molecule has 0 radical (unpaired) electrons. The maximum atomic E-state index is 11.0. The summed E-state index contributed by atoms with van der Waals surface area (Å²) < 4.78 is 4.98. The summed E-state index contributed by atoms with van der Waals surface area (Å²) in [5, 5.41) is 8.37. The van der Waals surface area contributed by atoms with Gasteiger partial charge in [0.05, 0.1) is 0 Å². The molecule has 5 heteroatoms. The van der Waals surface area contributed by atoms with Crippen LogP contribution in [-0.4, -0.2) is 16.1 Å². The van der Waals surface area contributed by atoms with Gasteiger partial charge in [-0.15, -0.1) is 0 Å². The van der Waals surface area contributed by atoms with E-state index in [1.165, 1.54) is 12.5 Å². The highest BCUT2D eigenvalue weighted by Gasteiger charge is 2.06. The lowest BCUT2D eigenvalue weighted by Gasteiger charge is -1.96. The number of benzene rings is 1. The van der Waals surface area contributed by atoms with Gasteiger partial charge in [-0.1, -0.05) is 0 Å². The van der Waals surface area contributed by atoms with Gasteiger partial charge in [0, 0.05) is 5.56 Å². The molecular formula is C8H6N2O3. The predicted octanol–water partition coefficient (Wildman–Crippen LogP) is 0.947. The van der Waals surface area contributed by atoms with Gasteiger partial charge in [0.1, 0.15) is 5.52 Å². The normalized spacial score (nSPS) is 10.2. The van der Waals surface area contributed by atoms with E-state index in [-0.39, 0.29) is 0 Å². The van der Waals surface area contributed by atoms with E-state index in [1.54, 1.807) is 17.6 Å². The number of nitrogens with one attached hydrogen (secondary N) is 1. The number of nitrogens with zero attached hydrogens (tertiary/aromatic N) is 1. The molecule has 1 heterocycles. The van der Waals surface area contributed by atoms with Crippen molar-refractivity contribution in [2.75, 3.05) is 0 Å². The highest BCUT2D eigenvalue weighted by Crippen LogP contribution is 2.13. The van der Waals surface area contributed by atoms with Gasteiger partial charge in [0.2, 0.25) is 0 Å². The first-order valence-corrected chi connectivity index (χ1v) is 3.59. The Balaban J connectivity index is 2.54. The van der Waals surface area contributed by atoms with Gasteiger partial charge in [-0.2, -0.15) is 0 Å². The van der Waals surface area contributed by atoms with E-state index in [1.807, 2.05) is 0 Å². The number of carbonyl (C=O) groups excluding carboxylic acids is 1. The average molecular weight is 178 g/mol. The molecule has 0 fully saturated rings. The molecule has 0 saturated heterocycles. The zero-order valence-electron chi connectivity index (χ0n) is 6.52.